The third-order valence-electron chi connectivity index (χ3n) is 2.79. The van der Waals surface area contributed by atoms with Crippen LogP contribution >= 0.6 is 15.9 Å². The van der Waals surface area contributed by atoms with Crippen LogP contribution in [0.25, 0.3) is 0 Å². The molecule has 7 heteroatoms. The molecule has 104 valence electrons. The Kier molecular flexibility index (Phi) is 3.99. The zero-order valence-electron chi connectivity index (χ0n) is 10.9. The van der Waals surface area contributed by atoms with E-state index in [-0.39, 0.29) is 17.5 Å². The highest BCUT2D eigenvalue weighted by Crippen LogP contribution is 2.29. The van der Waals surface area contributed by atoms with E-state index in [1.165, 1.54) is 12.1 Å². The molecular formula is C13H12BrFN4O. The number of amidine groups is 1. The van der Waals surface area contributed by atoms with E-state index in [9.17, 15) is 4.39 Å². The number of benzene rings is 1. The van der Waals surface area contributed by atoms with Gasteiger partial charge in [0.15, 0.2) is 11.6 Å². The summed E-state index contributed by atoms with van der Waals surface area (Å²) in [7, 11) is 0. The Labute approximate surface area is 123 Å². The maximum atomic E-state index is 13.8. The van der Waals surface area contributed by atoms with Crippen LogP contribution in [-0.2, 0) is 0 Å². The molecule has 0 bridgehead atoms. The molecule has 0 aliphatic rings. The monoisotopic (exact) mass is 338 g/mol. The molecule has 0 amide bonds. The summed E-state index contributed by atoms with van der Waals surface area (Å²) in [6.07, 6.45) is 0. The number of nitrogens with two attached hydrogens (primary N) is 1. The average molecular weight is 339 g/mol. The van der Waals surface area contributed by atoms with Crippen LogP contribution in [0.1, 0.15) is 16.8 Å². The van der Waals surface area contributed by atoms with Crippen molar-refractivity contribution in [3.05, 3.63) is 45.3 Å². The van der Waals surface area contributed by atoms with Gasteiger partial charge in [-0.25, -0.2) is 4.39 Å². The van der Waals surface area contributed by atoms with E-state index in [0.717, 1.165) is 0 Å². The third-order valence-corrected chi connectivity index (χ3v) is 3.29. The maximum absolute atomic E-state index is 13.8. The highest BCUT2D eigenvalue weighted by molar-refractivity contribution is 9.10. The molecule has 0 radical (unpaired) electrons. The minimum absolute atomic E-state index is 0.00625. The van der Waals surface area contributed by atoms with Crippen molar-refractivity contribution in [3.63, 3.8) is 0 Å². The van der Waals surface area contributed by atoms with Gasteiger partial charge in [-0.2, -0.15) is 5.10 Å². The van der Waals surface area contributed by atoms with E-state index in [2.05, 4.69) is 26.1 Å². The van der Waals surface area contributed by atoms with Crippen LogP contribution in [0.3, 0.4) is 0 Å². The van der Waals surface area contributed by atoms with Crippen LogP contribution < -0.4 is 10.5 Å². The average Bonchev–Trinajstić information content (AvgIpc) is 2.36. The standard InChI is InChI=1S/C13H12BrFN4O/c1-6-7(2)18-19-13(11(6)12(16)17)20-10-4-3-8(14)5-9(10)15/h3-5H,1-2H3,(H3,16,17). The lowest BCUT2D eigenvalue weighted by Gasteiger charge is -2.12. The Hall–Kier alpha value is -2.02. The number of ether oxygens (including phenoxy) is 1. The first kappa shape index (κ1) is 14.4. The highest BCUT2D eigenvalue weighted by Gasteiger charge is 2.17. The van der Waals surface area contributed by atoms with Crippen LogP contribution in [0, 0.1) is 25.1 Å². The normalized spacial score (nSPS) is 10.4. The molecule has 20 heavy (non-hydrogen) atoms. The van der Waals surface area contributed by atoms with Gasteiger partial charge >= 0.3 is 0 Å². The van der Waals surface area contributed by atoms with E-state index in [1.807, 2.05) is 0 Å². The fraction of sp³-hybridized carbons (Fsp3) is 0.154. The summed E-state index contributed by atoms with van der Waals surface area (Å²) in [5.41, 5.74) is 7.17. The van der Waals surface area contributed by atoms with Gasteiger partial charge < -0.3 is 10.5 Å². The molecule has 0 fully saturated rings. The molecule has 0 unspecified atom stereocenters. The van der Waals surface area contributed by atoms with Crippen molar-refractivity contribution in [1.29, 1.82) is 5.41 Å². The summed E-state index contributed by atoms with van der Waals surface area (Å²) in [4.78, 5) is 0. The van der Waals surface area contributed by atoms with E-state index in [4.69, 9.17) is 15.9 Å². The molecule has 0 aliphatic carbocycles. The fourth-order valence-corrected chi connectivity index (χ4v) is 1.97. The molecule has 1 heterocycles. The maximum Gasteiger partial charge on any atom is 0.250 e. The second-order valence-corrected chi connectivity index (χ2v) is 5.10. The first-order valence-corrected chi connectivity index (χ1v) is 6.50. The smallest absolute Gasteiger partial charge is 0.250 e. The van der Waals surface area contributed by atoms with Crippen molar-refractivity contribution in [1.82, 2.24) is 10.2 Å². The van der Waals surface area contributed by atoms with Gasteiger partial charge in [-0.15, -0.1) is 5.10 Å². The predicted molar refractivity (Wildman–Crippen MR) is 76.7 cm³/mol. The lowest BCUT2D eigenvalue weighted by Crippen LogP contribution is -2.16. The van der Waals surface area contributed by atoms with Gasteiger partial charge in [-0.1, -0.05) is 15.9 Å². The topological polar surface area (TPSA) is 84.9 Å². The second kappa shape index (κ2) is 5.54. The Bertz CT molecular complexity index is 690. The quantitative estimate of drug-likeness (QED) is 0.665. The van der Waals surface area contributed by atoms with Gasteiger partial charge in [0.25, 0.3) is 0 Å². The van der Waals surface area contributed by atoms with Crippen molar-refractivity contribution in [2.24, 2.45) is 5.73 Å². The minimum Gasteiger partial charge on any atom is -0.434 e. The Balaban J connectivity index is 2.48. The number of aromatic nitrogens is 2. The summed E-state index contributed by atoms with van der Waals surface area (Å²) < 4.78 is 19.8. The van der Waals surface area contributed by atoms with Gasteiger partial charge in [-0.05, 0) is 37.6 Å². The van der Waals surface area contributed by atoms with Crippen molar-refractivity contribution in [3.8, 4) is 11.6 Å². The van der Waals surface area contributed by atoms with Crippen LogP contribution in [0.5, 0.6) is 11.6 Å². The molecule has 2 aromatic rings. The number of nitrogens with one attached hydrogen (secondary N) is 1. The number of halogens is 2. The Morgan fingerprint density at radius 1 is 1.35 bits per heavy atom. The van der Waals surface area contributed by atoms with E-state index in [1.54, 1.807) is 19.9 Å². The number of hydrogen-bond donors (Lipinski definition) is 2. The van der Waals surface area contributed by atoms with Crippen LogP contribution in [-0.4, -0.2) is 16.0 Å². The zero-order chi connectivity index (χ0) is 14.9. The molecule has 0 aliphatic heterocycles. The number of nitrogen functional groups attached to an aromatic ring is 1. The molecule has 2 rings (SSSR count). The minimum atomic E-state index is -0.547. The van der Waals surface area contributed by atoms with Gasteiger partial charge in [0, 0.05) is 4.47 Å². The van der Waals surface area contributed by atoms with Crippen LogP contribution in [0.2, 0.25) is 0 Å². The number of aryl methyl sites for hydroxylation is 1. The largest absolute Gasteiger partial charge is 0.434 e. The third kappa shape index (κ3) is 2.77. The molecule has 0 saturated carbocycles. The van der Waals surface area contributed by atoms with E-state index >= 15 is 0 Å². The summed E-state index contributed by atoms with van der Waals surface area (Å²) in [5, 5.41) is 15.3. The van der Waals surface area contributed by atoms with Gasteiger partial charge in [-0.3, -0.25) is 5.41 Å². The van der Waals surface area contributed by atoms with Gasteiger partial charge in [0.05, 0.1) is 11.3 Å². The Morgan fingerprint density at radius 2 is 2.05 bits per heavy atom. The summed E-state index contributed by atoms with van der Waals surface area (Å²) in [5.74, 6) is -0.739. The van der Waals surface area contributed by atoms with Crippen molar-refractivity contribution in [2.45, 2.75) is 13.8 Å². The summed E-state index contributed by atoms with van der Waals surface area (Å²) in [6.45, 7) is 3.50. The highest BCUT2D eigenvalue weighted by atomic mass is 79.9. The van der Waals surface area contributed by atoms with Crippen molar-refractivity contribution < 1.29 is 9.13 Å². The zero-order valence-corrected chi connectivity index (χ0v) is 12.5. The van der Waals surface area contributed by atoms with Crippen LogP contribution in [0.15, 0.2) is 22.7 Å². The Morgan fingerprint density at radius 3 is 2.65 bits per heavy atom. The fourth-order valence-electron chi connectivity index (χ4n) is 1.64. The second-order valence-electron chi connectivity index (χ2n) is 4.18. The summed E-state index contributed by atoms with van der Waals surface area (Å²) >= 11 is 3.16. The predicted octanol–water partition coefficient (Wildman–Crippen LogP) is 3.07. The lowest BCUT2D eigenvalue weighted by atomic mass is 10.1. The molecule has 1 aromatic carbocycles. The summed E-state index contributed by atoms with van der Waals surface area (Å²) in [6, 6.07) is 4.37. The molecular weight excluding hydrogens is 327 g/mol. The van der Waals surface area contributed by atoms with E-state index < -0.39 is 5.82 Å². The van der Waals surface area contributed by atoms with Crippen LogP contribution in [0.4, 0.5) is 4.39 Å². The van der Waals surface area contributed by atoms with Gasteiger partial charge in [0.1, 0.15) is 5.84 Å². The molecule has 0 saturated heterocycles. The molecule has 5 nitrogen and oxygen atoms in total. The molecule has 3 N–H and O–H groups in total. The van der Waals surface area contributed by atoms with Crippen molar-refractivity contribution >= 4 is 21.8 Å². The first-order valence-electron chi connectivity index (χ1n) is 5.71. The number of nitrogens with zero attached hydrogens (tertiary/aromatic N) is 2. The van der Waals surface area contributed by atoms with Crippen molar-refractivity contribution in [2.75, 3.05) is 0 Å². The van der Waals surface area contributed by atoms with E-state index in [0.29, 0.717) is 21.3 Å². The number of rotatable bonds is 3. The van der Waals surface area contributed by atoms with Gasteiger partial charge in [0.2, 0.25) is 5.88 Å². The SMILES string of the molecule is Cc1nnc(Oc2ccc(Br)cc2F)c(C(=N)N)c1C. The molecule has 0 spiro atoms. The molecule has 1 aromatic heterocycles. The number of hydrogen-bond acceptors (Lipinski definition) is 4. The first-order chi connectivity index (χ1) is 9.40. The molecule has 0 atom stereocenters. The lowest BCUT2D eigenvalue weighted by molar-refractivity contribution is 0.419.